The van der Waals surface area contributed by atoms with Crippen molar-refractivity contribution in [3.8, 4) is 5.75 Å². The number of anilines is 1. The molecule has 0 spiro atoms. The van der Waals surface area contributed by atoms with Crippen LogP contribution in [0.15, 0.2) is 24.0 Å². The molecule has 26 heavy (non-hydrogen) atoms. The van der Waals surface area contributed by atoms with Crippen molar-refractivity contribution in [3.63, 3.8) is 0 Å². The molecule has 0 unspecified atom stereocenters. The van der Waals surface area contributed by atoms with Crippen molar-refractivity contribution < 1.29 is 23.5 Å². The fraction of sp³-hybridized carbons (Fsp3) is 0.474. The predicted molar refractivity (Wildman–Crippen MR) is 97.1 cm³/mol. The Kier molecular flexibility index (Phi) is 6.23. The first kappa shape index (κ1) is 19.8. The summed E-state index contributed by atoms with van der Waals surface area (Å²) in [6, 6.07) is 3.64. The SMILES string of the molecule is Cc1cc(OC/C(=C/F)CNC(=O)OC(C)(C)C)cc2c1NC(=O)CC2. The summed E-state index contributed by atoms with van der Waals surface area (Å²) >= 11 is 0. The zero-order valence-electron chi connectivity index (χ0n) is 15.6. The van der Waals surface area contributed by atoms with Crippen molar-refractivity contribution in [2.75, 3.05) is 18.5 Å². The summed E-state index contributed by atoms with van der Waals surface area (Å²) < 4.78 is 23.8. The van der Waals surface area contributed by atoms with E-state index >= 15 is 0 Å². The summed E-state index contributed by atoms with van der Waals surface area (Å²) in [5.41, 5.74) is 2.37. The molecule has 142 valence electrons. The Balaban J connectivity index is 1.92. The third-order valence-corrected chi connectivity index (χ3v) is 3.71. The van der Waals surface area contributed by atoms with Crippen LogP contribution in [0, 0.1) is 6.92 Å². The van der Waals surface area contributed by atoms with Crippen molar-refractivity contribution in [1.82, 2.24) is 5.32 Å². The van der Waals surface area contributed by atoms with Gasteiger partial charge in [-0.1, -0.05) is 0 Å². The molecule has 0 aromatic heterocycles. The highest BCUT2D eigenvalue weighted by molar-refractivity contribution is 5.95. The van der Waals surface area contributed by atoms with E-state index in [0.717, 1.165) is 16.8 Å². The Morgan fingerprint density at radius 2 is 2.08 bits per heavy atom. The summed E-state index contributed by atoms with van der Waals surface area (Å²) in [7, 11) is 0. The van der Waals surface area contributed by atoms with Crippen molar-refractivity contribution in [2.24, 2.45) is 0 Å². The highest BCUT2D eigenvalue weighted by atomic mass is 19.1. The number of fused-ring (bicyclic) bond motifs is 1. The highest BCUT2D eigenvalue weighted by Crippen LogP contribution is 2.31. The van der Waals surface area contributed by atoms with Gasteiger partial charge in [0.05, 0.1) is 6.33 Å². The van der Waals surface area contributed by atoms with E-state index in [-0.39, 0.29) is 24.6 Å². The highest BCUT2D eigenvalue weighted by Gasteiger charge is 2.18. The molecule has 1 heterocycles. The zero-order valence-corrected chi connectivity index (χ0v) is 15.6. The van der Waals surface area contributed by atoms with E-state index in [1.807, 2.05) is 13.0 Å². The Labute approximate surface area is 152 Å². The molecule has 7 heteroatoms. The van der Waals surface area contributed by atoms with E-state index in [4.69, 9.17) is 9.47 Å². The van der Waals surface area contributed by atoms with Gasteiger partial charge in [0.2, 0.25) is 5.91 Å². The topological polar surface area (TPSA) is 76.7 Å². The lowest BCUT2D eigenvalue weighted by Crippen LogP contribution is -2.34. The normalized spacial score (nSPS) is 14.3. The molecule has 2 rings (SSSR count). The second kappa shape index (κ2) is 8.21. The van der Waals surface area contributed by atoms with E-state index in [9.17, 15) is 14.0 Å². The Morgan fingerprint density at radius 3 is 2.73 bits per heavy atom. The van der Waals surface area contributed by atoms with Crippen LogP contribution in [0.2, 0.25) is 0 Å². The van der Waals surface area contributed by atoms with Crippen LogP contribution in [-0.4, -0.2) is 30.8 Å². The van der Waals surface area contributed by atoms with Gasteiger partial charge in [-0.15, -0.1) is 0 Å². The van der Waals surface area contributed by atoms with Gasteiger partial charge in [-0.3, -0.25) is 4.79 Å². The maximum atomic E-state index is 13.1. The summed E-state index contributed by atoms with van der Waals surface area (Å²) in [4.78, 5) is 23.1. The number of hydrogen-bond acceptors (Lipinski definition) is 4. The molecule has 6 nitrogen and oxygen atoms in total. The van der Waals surface area contributed by atoms with Gasteiger partial charge in [0, 0.05) is 24.2 Å². The van der Waals surface area contributed by atoms with Gasteiger partial charge in [-0.2, -0.15) is 0 Å². The van der Waals surface area contributed by atoms with Crippen molar-refractivity contribution in [2.45, 2.75) is 46.1 Å². The van der Waals surface area contributed by atoms with E-state index < -0.39 is 11.7 Å². The summed E-state index contributed by atoms with van der Waals surface area (Å²) in [6.07, 6.45) is 0.886. The lowest BCUT2D eigenvalue weighted by molar-refractivity contribution is -0.116. The summed E-state index contributed by atoms with van der Waals surface area (Å²) in [5, 5.41) is 5.35. The molecule has 0 saturated heterocycles. The molecule has 2 N–H and O–H groups in total. The molecular weight excluding hydrogens is 339 g/mol. The Bertz CT molecular complexity index is 723. The lowest BCUT2D eigenvalue weighted by Gasteiger charge is -2.21. The molecule has 1 aromatic carbocycles. The smallest absolute Gasteiger partial charge is 0.407 e. The quantitative estimate of drug-likeness (QED) is 0.836. The molecule has 2 amide bonds. The van der Waals surface area contributed by atoms with E-state index in [1.165, 1.54) is 0 Å². The van der Waals surface area contributed by atoms with Gasteiger partial charge >= 0.3 is 6.09 Å². The maximum absolute atomic E-state index is 13.1. The molecule has 0 radical (unpaired) electrons. The minimum atomic E-state index is -0.615. The van der Waals surface area contributed by atoms with Crippen LogP contribution < -0.4 is 15.4 Å². The summed E-state index contributed by atoms with van der Waals surface area (Å²) in [5.74, 6) is 0.596. The van der Waals surface area contributed by atoms with Gasteiger partial charge in [0.15, 0.2) is 0 Å². The number of alkyl carbamates (subject to hydrolysis) is 1. The molecule has 1 aromatic rings. The number of ether oxygens (including phenoxy) is 2. The number of carbonyl (C=O) groups excluding carboxylic acids is 2. The van der Waals surface area contributed by atoms with Gasteiger partial charge in [0.1, 0.15) is 18.0 Å². The number of rotatable bonds is 5. The first-order valence-corrected chi connectivity index (χ1v) is 8.49. The Morgan fingerprint density at radius 1 is 1.35 bits per heavy atom. The number of amides is 2. The molecular formula is C19H25FN2O4. The van der Waals surface area contributed by atoms with Crippen LogP contribution in [0.4, 0.5) is 14.9 Å². The summed E-state index contributed by atoms with van der Waals surface area (Å²) in [6.45, 7) is 7.13. The first-order valence-electron chi connectivity index (χ1n) is 8.49. The van der Waals surface area contributed by atoms with Crippen LogP contribution in [-0.2, 0) is 16.0 Å². The van der Waals surface area contributed by atoms with E-state index in [1.54, 1.807) is 26.8 Å². The maximum Gasteiger partial charge on any atom is 0.407 e. The second-order valence-electron chi connectivity index (χ2n) is 7.23. The first-order chi connectivity index (χ1) is 12.2. The molecule has 0 saturated carbocycles. The van der Waals surface area contributed by atoms with E-state index in [2.05, 4.69) is 10.6 Å². The second-order valence-corrected chi connectivity index (χ2v) is 7.23. The number of halogens is 1. The fourth-order valence-electron chi connectivity index (χ4n) is 2.53. The lowest BCUT2D eigenvalue weighted by atomic mass is 9.99. The molecule has 0 fully saturated rings. The van der Waals surface area contributed by atoms with Gasteiger partial charge < -0.3 is 20.1 Å². The molecule has 1 aliphatic rings. The number of aryl methyl sites for hydroxylation is 2. The standard InChI is InChI=1S/C19H25FN2O4/c1-12-7-15(8-14-5-6-16(23)22-17(12)14)25-11-13(9-20)10-21-18(24)26-19(2,3)4/h7-9H,5-6,10-11H2,1-4H3,(H,21,24)(H,22,23)/b13-9+. The number of benzene rings is 1. The van der Waals surface area contributed by atoms with Crippen molar-refractivity contribution in [3.05, 3.63) is 35.2 Å². The van der Waals surface area contributed by atoms with Crippen LogP contribution in [0.5, 0.6) is 5.75 Å². The monoisotopic (exact) mass is 364 g/mol. The largest absolute Gasteiger partial charge is 0.489 e. The average Bonchev–Trinajstić information content (AvgIpc) is 2.54. The minimum absolute atomic E-state index is 0.00309. The molecule has 1 aliphatic heterocycles. The van der Waals surface area contributed by atoms with Crippen molar-refractivity contribution >= 4 is 17.7 Å². The van der Waals surface area contributed by atoms with Crippen LogP contribution in [0.3, 0.4) is 0 Å². The average molecular weight is 364 g/mol. The van der Waals surface area contributed by atoms with Gasteiger partial charge in [-0.25, -0.2) is 9.18 Å². The van der Waals surface area contributed by atoms with Crippen LogP contribution in [0.25, 0.3) is 0 Å². The zero-order chi connectivity index (χ0) is 19.3. The Hall–Kier alpha value is -2.57. The van der Waals surface area contributed by atoms with Gasteiger partial charge in [-0.05, 0) is 57.4 Å². The number of nitrogens with one attached hydrogen (secondary N) is 2. The number of carbonyl (C=O) groups is 2. The minimum Gasteiger partial charge on any atom is -0.489 e. The fourth-order valence-corrected chi connectivity index (χ4v) is 2.53. The molecule has 0 bridgehead atoms. The predicted octanol–water partition coefficient (Wildman–Crippen LogP) is 3.64. The molecule has 0 atom stereocenters. The van der Waals surface area contributed by atoms with Gasteiger partial charge in [0.25, 0.3) is 0 Å². The van der Waals surface area contributed by atoms with Crippen LogP contribution >= 0.6 is 0 Å². The van der Waals surface area contributed by atoms with Crippen molar-refractivity contribution in [1.29, 1.82) is 0 Å². The van der Waals surface area contributed by atoms with E-state index in [0.29, 0.717) is 24.9 Å². The molecule has 0 aliphatic carbocycles. The number of hydrogen-bond donors (Lipinski definition) is 2. The van der Waals surface area contributed by atoms with Crippen LogP contribution in [0.1, 0.15) is 38.3 Å². The third-order valence-electron chi connectivity index (χ3n) is 3.71. The third kappa shape index (κ3) is 5.75.